The Morgan fingerprint density at radius 2 is 1.51 bits per heavy atom. The van der Waals surface area contributed by atoms with Crippen molar-refractivity contribution in [2.45, 2.75) is 43.8 Å². The molecule has 246 valence electrons. The van der Waals surface area contributed by atoms with Gasteiger partial charge in [0.05, 0.1) is 10.6 Å². The van der Waals surface area contributed by atoms with E-state index in [1.54, 1.807) is 48.5 Å². The van der Waals surface area contributed by atoms with Crippen LogP contribution in [0.4, 0.5) is 5.69 Å². The molecular weight excluding hydrogens is 661 g/mol. The molecule has 1 aliphatic heterocycles. The van der Waals surface area contributed by atoms with Crippen molar-refractivity contribution in [3.05, 3.63) is 118 Å². The summed E-state index contributed by atoms with van der Waals surface area (Å²) in [4.78, 5) is 29.8. The van der Waals surface area contributed by atoms with Crippen LogP contribution in [0.3, 0.4) is 0 Å². The second-order valence-corrected chi connectivity index (χ2v) is 14.0. The van der Waals surface area contributed by atoms with Gasteiger partial charge in [-0.1, -0.05) is 77.8 Å². The first-order chi connectivity index (χ1) is 22.5. The Morgan fingerprint density at radius 3 is 2.17 bits per heavy atom. The van der Waals surface area contributed by atoms with Crippen molar-refractivity contribution in [3.63, 3.8) is 0 Å². The molecule has 2 amide bonds. The summed E-state index contributed by atoms with van der Waals surface area (Å²) in [6.45, 7) is 3.61. The van der Waals surface area contributed by atoms with Crippen LogP contribution < -0.4 is 19.1 Å². The second-order valence-electron chi connectivity index (χ2n) is 11.3. The van der Waals surface area contributed by atoms with Gasteiger partial charge in [0.25, 0.3) is 10.0 Å². The summed E-state index contributed by atoms with van der Waals surface area (Å²) in [5.74, 6) is -0.183. The highest BCUT2D eigenvalue weighted by Gasteiger charge is 2.35. The fourth-order valence-electron chi connectivity index (χ4n) is 5.20. The zero-order chi connectivity index (χ0) is 33.6. The molecule has 0 unspecified atom stereocenters. The van der Waals surface area contributed by atoms with E-state index in [0.29, 0.717) is 40.3 Å². The van der Waals surface area contributed by atoms with Crippen molar-refractivity contribution in [2.24, 2.45) is 0 Å². The number of carbonyl (C=O) groups excluding carboxylic acids is 2. The molecule has 0 radical (unpaired) electrons. The molecule has 1 heterocycles. The molecule has 0 aliphatic carbocycles. The highest BCUT2D eigenvalue weighted by molar-refractivity contribution is 7.92. The first kappa shape index (κ1) is 34.1. The van der Waals surface area contributed by atoms with Gasteiger partial charge in [0.1, 0.15) is 25.8 Å². The summed E-state index contributed by atoms with van der Waals surface area (Å²) in [5, 5.41) is 3.65. The summed E-state index contributed by atoms with van der Waals surface area (Å²) in [6.07, 6.45) is 0.172. The van der Waals surface area contributed by atoms with Crippen molar-refractivity contribution < 1.29 is 27.5 Å². The van der Waals surface area contributed by atoms with E-state index in [1.165, 1.54) is 23.1 Å². The van der Waals surface area contributed by atoms with E-state index in [0.717, 1.165) is 9.87 Å². The van der Waals surface area contributed by atoms with Crippen molar-refractivity contribution in [1.29, 1.82) is 0 Å². The molecule has 1 N–H and O–H groups in total. The summed E-state index contributed by atoms with van der Waals surface area (Å²) < 4.78 is 40.8. The van der Waals surface area contributed by atoms with E-state index in [2.05, 4.69) is 5.32 Å². The van der Waals surface area contributed by atoms with E-state index in [9.17, 15) is 18.0 Å². The number of fused-ring (bicyclic) bond motifs is 1. The number of nitrogens with zero attached hydrogens (tertiary/aromatic N) is 2. The van der Waals surface area contributed by atoms with Crippen LogP contribution in [-0.2, 0) is 32.6 Å². The van der Waals surface area contributed by atoms with Crippen molar-refractivity contribution in [3.8, 4) is 11.5 Å². The molecule has 4 aromatic rings. The Labute approximate surface area is 285 Å². The molecule has 4 aromatic carbocycles. The van der Waals surface area contributed by atoms with Crippen molar-refractivity contribution >= 4 is 50.7 Å². The number of hydrogen-bond acceptors (Lipinski definition) is 6. The van der Waals surface area contributed by atoms with Gasteiger partial charge in [-0.05, 0) is 61.4 Å². The standard InChI is InChI=1S/C35H35Cl2N3O6S/c1-24(2)38-35(42)31(19-25-9-5-3-6-10-25)39(22-26-13-14-27(36)20-30(26)37)34(41)23-40(47(43,44)29-11-7-4-8-12-29)28-15-16-32-33(21-28)46-18-17-45-32/h3-16,20-21,24,31H,17-19,22-23H2,1-2H3,(H,38,42)/t31-/m0/s1. The fourth-order valence-corrected chi connectivity index (χ4v) is 7.10. The molecule has 12 heteroatoms. The fraction of sp³-hybridized carbons (Fsp3) is 0.257. The Balaban J connectivity index is 1.60. The van der Waals surface area contributed by atoms with E-state index in [-0.39, 0.29) is 35.5 Å². The van der Waals surface area contributed by atoms with Crippen LogP contribution in [-0.4, -0.2) is 57.0 Å². The normalized spacial score (nSPS) is 13.1. The summed E-state index contributed by atoms with van der Waals surface area (Å²) in [6, 6.07) is 25.5. The largest absolute Gasteiger partial charge is 0.486 e. The van der Waals surface area contributed by atoms with E-state index >= 15 is 0 Å². The van der Waals surface area contributed by atoms with Crippen LogP contribution in [0.25, 0.3) is 0 Å². The number of sulfonamides is 1. The number of anilines is 1. The number of halogens is 2. The van der Waals surface area contributed by atoms with Crippen LogP contribution in [0.1, 0.15) is 25.0 Å². The molecular formula is C35H35Cl2N3O6S. The number of amides is 2. The van der Waals surface area contributed by atoms with Gasteiger partial charge in [-0.25, -0.2) is 8.42 Å². The lowest BCUT2D eigenvalue weighted by Gasteiger charge is -2.34. The molecule has 47 heavy (non-hydrogen) atoms. The number of ether oxygens (including phenoxy) is 2. The molecule has 0 aromatic heterocycles. The first-order valence-corrected chi connectivity index (χ1v) is 17.3. The monoisotopic (exact) mass is 695 g/mol. The molecule has 1 atom stereocenters. The Hall–Kier alpha value is -4.25. The van der Waals surface area contributed by atoms with Crippen LogP contribution in [0.15, 0.2) is 102 Å². The van der Waals surface area contributed by atoms with Gasteiger partial charge in [-0.2, -0.15) is 0 Å². The van der Waals surface area contributed by atoms with E-state index in [1.807, 2.05) is 44.2 Å². The Bertz CT molecular complexity index is 1820. The minimum atomic E-state index is -4.27. The molecule has 0 fully saturated rings. The summed E-state index contributed by atoms with van der Waals surface area (Å²) >= 11 is 12.7. The summed E-state index contributed by atoms with van der Waals surface area (Å²) in [7, 11) is -4.27. The molecule has 1 aliphatic rings. The predicted molar refractivity (Wildman–Crippen MR) is 183 cm³/mol. The van der Waals surface area contributed by atoms with Gasteiger partial charge in [-0.15, -0.1) is 0 Å². The average molecular weight is 697 g/mol. The molecule has 0 saturated heterocycles. The Kier molecular flexibility index (Phi) is 11.0. The van der Waals surface area contributed by atoms with Gasteiger partial charge in [0, 0.05) is 35.1 Å². The smallest absolute Gasteiger partial charge is 0.264 e. The second kappa shape index (κ2) is 15.1. The lowest BCUT2D eigenvalue weighted by atomic mass is 10.0. The Morgan fingerprint density at radius 1 is 0.851 bits per heavy atom. The van der Waals surface area contributed by atoms with Crippen molar-refractivity contribution in [1.82, 2.24) is 10.2 Å². The van der Waals surface area contributed by atoms with Crippen LogP contribution in [0, 0.1) is 0 Å². The molecule has 0 spiro atoms. The van der Waals surface area contributed by atoms with E-state index in [4.69, 9.17) is 32.7 Å². The quantitative estimate of drug-likeness (QED) is 0.191. The number of nitrogens with one attached hydrogen (secondary N) is 1. The molecule has 9 nitrogen and oxygen atoms in total. The highest BCUT2D eigenvalue weighted by atomic mass is 35.5. The van der Waals surface area contributed by atoms with Gasteiger partial charge >= 0.3 is 0 Å². The third-order valence-corrected chi connectivity index (χ3v) is 9.86. The minimum Gasteiger partial charge on any atom is -0.486 e. The third kappa shape index (κ3) is 8.38. The minimum absolute atomic E-state index is 0.00614. The van der Waals surface area contributed by atoms with Gasteiger partial charge in [-0.3, -0.25) is 13.9 Å². The van der Waals surface area contributed by atoms with Crippen LogP contribution in [0.5, 0.6) is 11.5 Å². The molecule has 0 saturated carbocycles. The lowest BCUT2D eigenvalue weighted by Crippen LogP contribution is -2.54. The first-order valence-electron chi connectivity index (χ1n) is 15.1. The number of carbonyl (C=O) groups is 2. The number of benzene rings is 4. The van der Waals surface area contributed by atoms with Gasteiger partial charge in [0.15, 0.2) is 11.5 Å². The molecule has 5 rings (SSSR count). The van der Waals surface area contributed by atoms with Gasteiger partial charge < -0.3 is 19.7 Å². The predicted octanol–water partition coefficient (Wildman–Crippen LogP) is 6.12. The van der Waals surface area contributed by atoms with Gasteiger partial charge in [0.2, 0.25) is 11.8 Å². The maximum absolute atomic E-state index is 14.6. The summed E-state index contributed by atoms with van der Waals surface area (Å²) in [5.41, 5.74) is 1.55. The number of hydrogen-bond donors (Lipinski definition) is 1. The maximum atomic E-state index is 14.6. The topological polar surface area (TPSA) is 105 Å². The SMILES string of the molecule is CC(C)NC(=O)[C@H](Cc1ccccc1)N(Cc1ccc(Cl)cc1Cl)C(=O)CN(c1ccc2c(c1)OCCO2)S(=O)(=O)c1ccccc1. The maximum Gasteiger partial charge on any atom is 0.264 e. The van der Waals surface area contributed by atoms with E-state index < -0.39 is 28.5 Å². The van der Waals surface area contributed by atoms with Crippen molar-refractivity contribution in [2.75, 3.05) is 24.1 Å². The van der Waals surface area contributed by atoms with Crippen LogP contribution in [0.2, 0.25) is 10.0 Å². The number of rotatable bonds is 12. The average Bonchev–Trinajstić information content (AvgIpc) is 3.06. The lowest BCUT2D eigenvalue weighted by molar-refractivity contribution is -0.140. The molecule has 0 bridgehead atoms. The zero-order valence-corrected chi connectivity index (χ0v) is 28.3. The third-order valence-electron chi connectivity index (χ3n) is 7.48. The highest BCUT2D eigenvalue weighted by Crippen LogP contribution is 2.36. The zero-order valence-electron chi connectivity index (χ0n) is 25.9. The van der Waals surface area contributed by atoms with Crippen LogP contribution >= 0.6 is 23.2 Å².